The Morgan fingerprint density at radius 2 is 1.83 bits per heavy atom. The highest BCUT2D eigenvalue weighted by atomic mass is 35.5. The smallest absolute Gasteiger partial charge is 0.0702 e. The fourth-order valence-corrected chi connectivity index (χ4v) is 2.37. The van der Waals surface area contributed by atoms with E-state index in [9.17, 15) is 5.11 Å². The minimum Gasteiger partial charge on any atom is -0.392 e. The van der Waals surface area contributed by atoms with Gasteiger partial charge >= 0.3 is 0 Å². The highest BCUT2D eigenvalue weighted by Crippen LogP contribution is 2.27. The molecular weight excluding hydrogens is 246 g/mol. The first-order valence-corrected chi connectivity index (χ1v) is 6.13. The van der Waals surface area contributed by atoms with E-state index < -0.39 is 0 Å². The van der Waals surface area contributed by atoms with Crippen LogP contribution in [0.15, 0.2) is 54.7 Å². The molecule has 3 aromatic rings. The van der Waals surface area contributed by atoms with E-state index in [-0.39, 0.29) is 6.61 Å². The molecule has 0 atom stereocenters. The molecule has 0 radical (unpaired) electrons. The third-order valence-electron chi connectivity index (χ3n) is 3.05. The van der Waals surface area contributed by atoms with Gasteiger partial charge in [0.2, 0.25) is 0 Å². The van der Waals surface area contributed by atoms with Gasteiger partial charge in [-0.1, -0.05) is 29.8 Å². The van der Waals surface area contributed by atoms with Crippen molar-refractivity contribution in [2.45, 2.75) is 6.61 Å². The number of benzene rings is 2. The average Bonchev–Trinajstić information content (AvgIpc) is 2.77. The van der Waals surface area contributed by atoms with Crippen LogP contribution in [0.3, 0.4) is 0 Å². The lowest BCUT2D eigenvalue weighted by Gasteiger charge is -2.04. The first kappa shape index (κ1) is 11.3. The van der Waals surface area contributed by atoms with Gasteiger partial charge < -0.3 is 9.67 Å². The number of para-hydroxylation sites is 1. The molecule has 0 amide bonds. The van der Waals surface area contributed by atoms with Crippen molar-refractivity contribution in [1.29, 1.82) is 0 Å². The quantitative estimate of drug-likeness (QED) is 0.743. The SMILES string of the molecule is OCc1cn(-c2ccccc2)c2ccc(Cl)cc12. The highest BCUT2D eigenvalue weighted by Gasteiger charge is 2.09. The number of nitrogens with zero attached hydrogens (tertiary/aromatic N) is 1. The molecule has 0 bridgehead atoms. The van der Waals surface area contributed by atoms with Crippen LogP contribution in [-0.2, 0) is 6.61 Å². The van der Waals surface area contributed by atoms with Crippen molar-refractivity contribution in [2.24, 2.45) is 0 Å². The van der Waals surface area contributed by atoms with E-state index in [1.807, 2.05) is 54.7 Å². The average molecular weight is 258 g/mol. The lowest BCUT2D eigenvalue weighted by Crippen LogP contribution is -1.90. The minimum atomic E-state index is 0.0106. The number of halogens is 1. The zero-order valence-corrected chi connectivity index (χ0v) is 10.4. The van der Waals surface area contributed by atoms with Crippen LogP contribution in [0.2, 0.25) is 5.02 Å². The second-order valence-electron chi connectivity index (χ2n) is 4.18. The summed E-state index contributed by atoms with van der Waals surface area (Å²) in [4.78, 5) is 0. The molecule has 0 aliphatic rings. The zero-order chi connectivity index (χ0) is 12.5. The van der Waals surface area contributed by atoms with Gasteiger partial charge in [0.15, 0.2) is 0 Å². The second kappa shape index (κ2) is 4.48. The van der Waals surface area contributed by atoms with Crippen LogP contribution in [0, 0.1) is 0 Å². The van der Waals surface area contributed by atoms with E-state index in [4.69, 9.17) is 11.6 Å². The van der Waals surface area contributed by atoms with Crippen LogP contribution in [0.1, 0.15) is 5.56 Å². The molecule has 2 aromatic carbocycles. The van der Waals surface area contributed by atoms with E-state index in [2.05, 4.69) is 4.57 Å². The van der Waals surface area contributed by atoms with E-state index in [0.717, 1.165) is 22.2 Å². The van der Waals surface area contributed by atoms with E-state index in [1.54, 1.807) is 0 Å². The van der Waals surface area contributed by atoms with Crippen molar-refractivity contribution in [2.75, 3.05) is 0 Å². The number of rotatable bonds is 2. The van der Waals surface area contributed by atoms with Crippen molar-refractivity contribution in [3.63, 3.8) is 0 Å². The van der Waals surface area contributed by atoms with Crippen molar-refractivity contribution in [3.8, 4) is 5.69 Å². The first-order chi connectivity index (χ1) is 8.79. The van der Waals surface area contributed by atoms with E-state index in [1.165, 1.54) is 0 Å². The Balaban J connectivity index is 2.31. The predicted molar refractivity (Wildman–Crippen MR) is 74.2 cm³/mol. The Bertz CT molecular complexity index is 688. The number of hydrogen-bond donors (Lipinski definition) is 1. The summed E-state index contributed by atoms with van der Waals surface area (Å²) in [5, 5.41) is 11.1. The van der Waals surface area contributed by atoms with E-state index in [0.29, 0.717) is 5.02 Å². The van der Waals surface area contributed by atoms with Gasteiger partial charge in [-0.3, -0.25) is 0 Å². The van der Waals surface area contributed by atoms with Crippen LogP contribution >= 0.6 is 11.6 Å². The van der Waals surface area contributed by atoms with Crippen molar-refractivity contribution < 1.29 is 5.11 Å². The molecule has 18 heavy (non-hydrogen) atoms. The molecule has 0 unspecified atom stereocenters. The molecule has 0 saturated carbocycles. The molecule has 0 saturated heterocycles. The summed E-state index contributed by atoms with van der Waals surface area (Å²) >= 11 is 6.01. The van der Waals surface area contributed by atoms with Gasteiger partial charge in [-0.25, -0.2) is 0 Å². The van der Waals surface area contributed by atoms with Crippen LogP contribution in [-0.4, -0.2) is 9.67 Å². The molecule has 90 valence electrons. The number of fused-ring (bicyclic) bond motifs is 1. The summed E-state index contributed by atoms with van der Waals surface area (Å²) in [5.41, 5.74) is 3.01. The van der Waals surface area contributed by atoms with Crippen LogP contribution < -0.4 is 0 Å². The first-order valence-electron chi connectivity index (χ1n) is 5.75. The summed E-state index contributed by atoms with van der Waals surface area (Å²) in [6.07, 6.45) is 1.95. The molecular formula is C15H12ClNO. The summed E-state index contributed by atoms with van der Waals surface area (Å²) in [5.74, 6) is 0. The van der Waals surface area contributed by atoms with Gasteiger partial charge in [0.05, 0.1) is 12.1 Å². The van der Waals surface area contributed by atoms with Crippen LogP contribution in [0.25, 0.3) is 16.6 Å². The Hall–Kier alpha value is -1.77. The maximum atomic E-state index is 9.43. The van der Waals surface area contributed by atoms with Gasteiger partial charge in [0, 0.05) is 27.9 Å². The molecule has 0 aliphatic heterocycles. The number of aliphatic hydroxyl groups excluding tert-OH is 1. The van der Waals surface area contributed by atoms with Crippen LogP contribution in [0.4, 0.5) is 0 Å². The normalized spacial score (nSPS) is 11.0. The van der Waals surface area contributed by atoms with Crippen molar-refractivity contribution in [1.82, 2.24) is 4.57 Å². The molecule has 1 aromatic heterocycles. The fraction of sp³-hybridized carbons (Fsp3) is 0.0667. The molecule has 0 spiro atoms. The molecule has 3 heteroatoms. The summed E-state index contributed by atoms with van der Waals surface area (Å²) in [7, 11) is 0. The molecule has 1 heterocycles. The maximum Gasteiger partial charge on any atom is 0.0702 e. The summed E-state index contributed by atoms with van der Waals surface area (Å²) < 4.78 is 2.07. The Labute approximate surface area is 110 Å². The molecule has 2 nitrogen and oxygen atoms in total. The minimum absolute atomic E-state index is 0.0106. The Morgan fingerprint density at radius 1 is 1.06 bits per heavy atom. The number of hydrogen-bond acceptors (Lipinski definition) is 1. The van der Waals surface area contributed by atoms with Gasteiger partial charge in [0.1, 0.15) is 0 Å². The van der Waals surface area contributed by atoms with Crippen molar-refractivity contribution in [3.05, 3.63) is 65.3 Å². The standard InChI is InChI=1S/C15H12ClNO/c16-12-6-7-15-14(8-12)11(10-18)9-17(15)13-4-2-1-3-5-13/h1-9,18H,10H2. The second-order valence-corrected chi connectivity index (χ2v) is 4.62. The van der Waals surface area contributed by atoms with E-state index >= 15 is 0 Å². The predicted octanol–water partition coefficient (Wildman–Crippen LogP) is 3.78. The fourth-order valence-electron chi connectivity index (χ4n) is 2.20. The van der Waals surface area contributed by atoms with Gasteiger partial charge in [-0.05, 0) is 30.3 Å². The third kappa shape index (κ3) is 1.80. The molecule has 1 N–H and O–H groups in total. The molecule has 0 aliphatic carbocycles. The number of aromatic nitrogens is 1. The third-order valence-corrected chi connectivity index (χ3v) is 3.29. The maximum absolute atomic E-state index is 9.43. The van der Waals surface area contributed by atoms with Crippen molar-refractivity contribution >= 4 is 22.5 Å². The molecule has 3 rings (SSSR count). The van der Waals surface area contributed by atoms with Gasteiger partial charge in [0.25, 0.3) is 0 Å². The lowest BCUT2D eigenvalue weighted by molar-refractivity contribution is 0.283. The van der Waals surface area contributed by atoms with Gasteiger partial charge in [-0.15, -0.1) is 0 Å². The monoisotopic (exact) mass is 257 g/mol. The summed E-state index contributed by atoms with van der Waals surface area (Å²) in [6.45, 7) is 0.0106. The van der Waals surface area contributed by atoms with Gasteiger partial charge in [-0.2, -0.15) is 0 Å². The topological polar surface area (TPSA) is 25.2 Å². The Kier molecular flexibility index (Phi) is 2.82. The van der Waals surface area contributed by atoms with Crippen LogP contribution in [0.5, 0.6) is 0 Å². The lowest BCUT2D eigenvalue weighted by atomic mass is 10.2. The highest BCUT2D eigenvalue weighted by molar-refractivity contribution is 6.31. The molecule has 0 fully saturated rings. The largest absolute Gasteiger partial charge is 0.392 e. The zero-order valence-electron chi connectivity index (χ0n) is 9.68. The summed E-state index contributed by atoms with van der Waals surface area (Å²) in [6, 6.07) is 15.8. The Morgan fingerprint density at radius 3 is 2.56 bits per heavy atom. The number of aliphatic hydroxyl groups is 1.